The zero-order valence-electron chi connectivity index (χ0n) is 82.8. The number of pyridine rings is 7. The number of amides is 4. The quantitative estimate of drug-likeness (QED) is 0.0231. The molecule has 11 N–H and O–H groups in total. The second-order valence-corrected chi connectivity index (χ2v) is 46.1. The third kappa shape index (κ3) is 27.3. The third-order valence-electron chi connectivity index (χ3n) is 24.1. The number of carbonyl (C=O) groups is 4. The molecule has 11 aromatic rings. The van der Waals surface area contributed by atoms with Gasteiger partial charge in [-0.15, -0.1) is 0 Å². The van der Waals surface area contributed by atoms with Crippen LogP contribution in [0.15, 0.2) is 184 Å². The molecular formula is C99H125F2N21O16S4. The van der Waals surface area contributed by atoms with Crippen molar-refractivity contribution in [3.05, 3.63) is 204 Å². The predicted molar refractivity (Wildman–Crippen MR) is 537 cm³/mol. The van der Waals surface area contributed by atoms with E-state index in [0.29, 0.717) is 120 Å². The number of anilines is 6. The number of nitrogens with zero attached hydrogens (tertiary/aromatic N) is 13. The normalized spacial score (nSPS) is 16.3. The summed E-state index contributed by atoms with van der Waals surface area (Å²) < 4.78 is 156. The maximum atomic E-state index is 14.5. The van der Waals surface area contributed by atoms with Crippen LogP contribution in [0.5, 0.6) is 17.4 Å². The monoisotopic (exact) mass is 2030 g/mol. The molecule has 43 heteroatoms. The molecule has 142 heavy (non-hydrogen) atoms. The van der Waals surface area contributed by atoms with Gasteiger partial charge in [0.2, 0.25) is 5.88 Å². The minimum absolute atomic E-state index is 0.00133. The molecule has 37 nitrogen and oxygen atoms in total. The van der Waals surface area contributed by atoms with Gasteiger partial charge >= 0.3 is 0 Å². The van der Waals surface area contributed by atoms with E-state index < -0.39 is 81.0 Å². The summed E-state index contributed by atoms with van der Waals surface area (Å²) in [6.07, 6.45) is 10.1. The van der Waals surface area contributed by atoms with Gasteiger partial charge in [-0.3, -0.25) is 29.4 Å². The van der Waals surface area contributed by atoms with Crippen LogP contribution in [-0.4, -0.2) is 192 Å². The number of aromatic amines is 2. The lowest BCUT2D eigenvalue weighted by Crippen LogP contribution is -2.44. The summed E-state index contributed by atoms with van der Waals surface area (Å²) in [4.78, 5) is 92.0. The summed E-state index contributed by atoms with van der Waals surface area (Å²) in [5.74, 6) is -0.0353. The average Bonchev–Trinajstić information content (AvgIpc) is 1.61. The molecule has 0 spiro atoms. The number of ether oxygens (including phenoxy) is 3. The number of carbonyl (C=O) groups excluding carboxylic acids is 4. The van der Waals surface area contributed by atoms with Crippen LogP contribution >= 0.6 is 0 Å². The predicted octanol–water partition coefficient (Wildman–Crippen LogP) is 14.4. The summed E-state index contributed by atoms with van der Waals surface area (Å²) >= 11 is 0. The van der Waals surface area contributed by atoms with Crippen molar-refractivity contribution in [1.82, 2.24) is 74.2 Å². The van der Waals surface area contributed by atoms with Gasteiger partial charge in [0.1, 0.15) is 58.0 Å². The van der Waals surface area contributed by atoms with Crippen LogP contribution in [0.4, 0.5) is 43.7 Å². The Morgan fingerprint density at radius 1 is 0.500 bits per heavy atom. The first-order chi connectivity index (χ1) is 66.5. The van der Waals surface area contributed by atoms with E-state index in [4.69, 9.17) is 45.6 Å². The van der Waals surface area contributed by atoms with Gasteiger partial charge in [-0.25, -0.2) is 62.6 Å². The maximum Gasteiger partial charge on any atom is 0.281 e. The fourth-order valence-corrected chi connectivity index (χ4v) is 20.6. The van der Waals surface area contributed by atoms with Crippen LogP contribution < -0.4 is 64.2 Å². The molecule has 760 valence electrons. The van der Waals surface area contributed by atoms with Crippen molar-refractivity contribution < 1.29 is 80.9 Å². The van der Waals surface area contributed by atoms with Crippen molar-refractivity contribution in [3.8, 4) is 51.2 Å². The van der Waals surface area contributed by atoms with Crippen molar-refractivity contribution in [2.75, 3.05) is 70.4 Å². The number of hydrogen-bond donors (Lipinski definition) is 9. The number of nitrogens with two attached hydrogens (primary N) is 2. The largest absolute Gasteiger partial charge is 0.493 e. The molecule has 0 radical (unpaired) electrons. The second kappa shape index (κ2) is 44.0. The molecule has 13 heterocycles. The lowest BCUT2D eigenvalue weighted by molar-refractivity contribution is 0.00640. The maximum absolute atomic E-state index is 14.5. The number of nitrogens with one attached hydrogen (secondary N) is 6. The van der Waals surface area contributed by atoms with Gasteiger partial charge in [0.25, 0.3) is 63.7 Å². The van der Waals surface area contributed by atoms with Crippen molar-refractivity contribution in [2.45, 2.75) is 230 Å². The first-order valence-corrected chi connectivity index (χ1v) is 52.6. The Hall–Kier alpha value is -13.4. The third-order valence-corrected chi connectivity index (χ3v) is 29.1. The van der Waals surface area contributed by atoms with E-state index in [1.54, 1.807) is 74.6 Å². The number of hydrogen-bond acceptors (Lipinski definition) is 31. The topological polar surface area (TPSA) is 513 Å². The Bertz CT molecular complexity index is 6860. The Labute approximate surface area is 827 Å². The van der Waals surface area contributed by atoms with E-state index in [2.05, 4.69) is 93.8 Å². The molecule has 2 atom stereocenters. The Morgan fingerprint density at radius 2 is 0.944 bits per heavy atom. The summed E-state index contributed by atoms with van der Waals surface area (Å²) in [7, 11) is -16.8. The molecular weight excluding hydrogens is 1910 g/mol. The minimum atomic E-state index is -4.25. The zero-order chi connectivity index (χ0) is 104. The van der Waals surface area contributed by atoms with E-state index >= 15 is 0 Å². The van der Waals surface area contributed by atoms with Gasteiger partial charge in [-0.1, -0.05) is 60.6 Å². The van der Waals surface area contributed by atoms with Crippen molar-refractivity contribution in [2.24, 2.45) is 23.7 Å². The summed E-state index contributed by atoms with van der Waals surface area (Å²) in [5.41, 5.74) is 14.1. The Morgan fingerprint density at radius 3 is 1.37 bits per heavy atom. The number of H-pyrrole nitrogens is 2. The highest BCUT2D eigenvalue weighted by Crippen LogP contribution is 2.43. The number of piperidine rings is 2. The fraction of sp³-hybridized carbons (Fsp3) is 0.424. The van der Waals surface area contributed by atoms with Crippen LogP contribution in [0.25, 0.3) is 33.8 Å². The van der Waals surface area contributed by atoms with E-state index in [0.717, 1.165) is 56.2 Å². The SMILES string of the molecule is CC(C)(C)c1ccc(C(=O)NS(=O)(=O)c2cccc(N)n2)c(N2CCC(C(C)(C)O)CC2)n1.CC(C)COc1cc(F)cc(-c2ccc(C(=O)NS(=O)(=O)c3ccn[nH]3)c(N3CC(C)CC3(C)C)n2)c1.CC(C)Oc1ccc(-c2ccc(C(=O)NS(=O)(=O)c3cccc(N)n3)c(N3C(C)CCC3(C)C)n2)cn1.CC1CCN(c2nc(-c3cc(F)cc(OC(C)C)c3)ccc2C(=O)NS(=O)(=O)c2ccn[nH]2)CC1. The highest BCUT2D eigenvalue weighted by Gasteiger charge is 2.43. The highest BCUT2D eigenvalue weighted by atomic mass is 32.2. The van der Waals surface area contributed by atoms with Crippen molar-refractivity contribution >= 4 is 98.6 Å². The molecule has 15 rings (SSSR count). The van der Waals surface area contributed by atoms with Crippen molar-refractivity contribution in [3.63, 3.8) is 0 Å². The van der Waals surface area contributed by atoms with Gasteiger partial charge in [-0.05, 0) is 260 Å². The van der Waals surface area contributed by atoms with E-state index in [-0.39, 0.29) is 101 Å². The van der Waals surface area contributed by atoms with Crippen LogP contribution in [0.3, 0.4) is 0 Å². The van der Waals surface area contributed by atoms with E-state index in [1.807, 2.05) is 96.9 Å². The van der Waals surface area contributed by atoms with Crippen molar-refractivity contribution in [1.29, 1.82) is 0 Å². The number of sulfonamides is 4. The van der Waals surface area contributed by atoms with Gasteiger partial charge < -0.3 is 50.4 Å². The lowest BCUT2D eigenvalue weighted by Gasteiger charge is -2.39. The standard InChI is InChI=1S/C26H32FN5O4S.C26H32N6O4S.C24H28FN5O4S.C23H33N5O4S/c1-16(2)15-36-20-11-18(10-19(27)12-20)22-7-6-21(24(29-22)32-14-17(3)13-26(32,4)5)25(33)31-37(34,35)23-8-9-28-30-23;1-16(2)36-22-12-9-18(15-28-22)20-11-10-19(24(29-20)32-17(3)13-14-26(32,4)5)25(33)31-37(34,35)23-8-6-7-21(27)30-23;1-15(2)34-19-13-17(12-18(25)14-19)21-5-4-20(23(27-21)30-10-7-16(3)8-11-30)24(31)29-35(32,33)22-6-9-26-28-22;1-22(2,3)17-10-9-16(20(25-17)28-13-11-15(12-14-28)23(4,5)30)21(29)27-33(31,32)19-8-6-7-18(24)26-19/h6-12,16-17H,13-15H2,1-5H3,(H,28,30)(H,31,33);6-12,15-17H,13-14H2,1-5H3,(H2,27,30)(H,31,33);4-6,9,12-16H,7-8,10-11H2,1-3H3,(H,26,28)(H,29,31);6-10,15,30H,11-14H2,1-5H3,(H2,24,26)(H,27,29). The minimum Gasteiger partial charge on any atom is -0.493 e. The number of halogens is 2. The number of benzene rings is 2. The summed E-state index contributed by atoms with van der Waals surface area (Å²) in [6, 6.07) is 36.2. The Kier molecular flexibility index (Phi) is 33.3. The van der Waals surface area contributed by atoms with E-state index in [9.17, 15) is 66.7 Å². The van der Waals surface area contributed by atoms with Gasteiger partial charge in [0, 0.05) is 102 Å². The van der Waals surface area contributed by atoms with Gasteiger partial charge in [-0.2, -0.15) is 43.9 Å². The lowest BCUT2D eigenvalue weighted by atomic mass is 9.83. The highest BCUT2D eigenvalue weighted by molar-refractivity contribution is 7.90. The number of nitrogen functional groups attached to an aromatic ring is 2. The van der Waals surface area contributed by atoms with Crippen LogP contribution in [-0.2, 0) is 45.5 Å². The molecule has 2 unspecified atom stereocenters. The molecule has 4 saturated heterocycles. The van der Waals surface area contributed by atoms with Gasteiger partial charge in [0.05, 0.1) is 76.1 Å². The molecule has 4 amide bonds. The smallest absolute Gasteiger partial charge is 0.281 e. The number of rotatable bonds is 27. The molecule has 2 aromatic carbocycles. The molecule has 9 aromatic heterocycles. The molecule has 4 aliphatic rings. The Balaban J connectivity index is 0.000000169. The average molecular weight is 2030 g/mol. The fourth-order valence-electron chi connectivity index (χ4n) is 17.0. The molecule has 4 fully saturated rings. The van der Waals surface area contributed by atoms with Crippen LogP contribution in [0.2, 0.25) is 0 Å². The molecule has 0 bridgehead atoms. The van der Waals surface area contributed by atoms with Gasteiger partial charge in [0.15, 0.2) is 20.1 Å². The molecule has 0 aliphatic carbocycles. The van der Waals surface area contributed by atoms with Crippen LogP contribution in [0.1, 0.15) is 217 Å². The van der Waals surface area contributed by atoms with Crippen LogP contribution in [0, 0.1) is 35.3 Å². The number of aliphatic hydroxyl groups is 1. The number of aromatic nitrogens is 11. The molecule has 4 aliphatic heterocycles. The summed E-state index contributed by atoms with van der Waals surface area (Å²) in [6.45, 7) is 39.4. The zero-order valence-corrected chi connectivity index (χ0v) is 86.0. The first kappa shape index (κ1) is 107. The van der Waals surface area contributed by atoms with E-state index in [1.165, 1.54) is 97.3 Å². The molecule has 0 saturated carbocycles. The first-order valence-electron chi connectivity index (χ1n) is 46.6. The second-order valence-electron chi connectivity index (χ2n) is 39.6. The summed E-state index contributed by atoms with van der Waals surface area (Å²) in [5, 5.41) is 21.2.